The molecule has 0 saturated carbocycles. The summed E-state index contributed by atoms with van der Waals surface area (Å²) in [6.45, 7) is 21.9. The van der Waals surface area contributed by atoms with E-state index < -0.39 is 0 Å². The Kier molecular flexibility index (Phi) is 11.6. The lowest BCUT2D eigenvalue weighted by Gasteiger charge is -2.41. The quantitative estimate of drug-likeness (QED) is 0.218. The van der Waals surface area contributed by atoms with Gasteiger partial charge >= 0.3 is 0 Å². The van der Waals surface area contributed by atoms with Crippen LogP contribution in [-0.4, -0.2) is 72.7 Å². The van der Waals surface area contributed by atoms with E-state index in [0.717, 1.165) is 104 Å². The Morgan fingerprint density at radius 1 is 1.04 bits per heavy atom. The van der Waals surface area contributed by atoms with Gasteiger partial charge in [0.25, 0.3) is 11.5 Å². The molecular formula is C40H53N5O3. The molecule has 2 fully saturated rings. The fourth-order valence-corrected chi connectivity index (χ4v) is 7.39. The Hall–Kier alpha value is -4.14. The highest BCUT2D eigenvalue weighted by atomic mass is 16.5. The summed E-state index contributed by atoms with van der Waals surface area (Å²) in [7, 11) is 1.81. The standard InChI is InChI=1S/C40H53N5O3/c1-8-29(5)44-19-13-34(14-20-44)45(9-2)38-24-33(32-12-10-11-31(22-32)26-43-17-15-35(48-7)16-18-43)23-36(30(38)6)39(46)41-25-37-27(3)21-28(4)42-40(37)47/h8,10-12,21-24,34-35H,1,5,9,13-20,25-26H2,2-4,6-7H3,(H,41,46)(H,42,47). The number of allylic oxidation sites excluding steroid dienone is 1. The van der Waals surface area contributed by atoms with Gasteiger partial charge in [-0.2, -0.15) is 0 Å². The average Bonchev–Trinajstić information content (AvgIpc) is 3.09. The number of carbonyl (C=O) groups excluding carboxylic acids is 1. The molecule has 48 heavy (non-hydrogen) atoms. The molecule has 2 aliphatic rings. The second-order valence-electron chi connectivity index (χ2n) is 13.4. The van der Waals surface area contributed by atoms with Crippen LogP contribution in [0.4, 0.5) is 5.69 Å². The van der Waals surface area contributed by atoms with Crippen molar-refractivity contribution in [3.8, 4) is 11.1 Å². The third-order valence-corrected chi connectivity index (χ3v) is 10.3. The molecule has 5 rings (SSSR count). The highest BCUT2D eigenvalue weighted by Crippen LogP contribution is 2.35. The number of benzene rings is 2. The van der Waals surface area contributed by atoms with Crippen molar-refractivity contribution in [1.82, 2.24) is 20.1 Å². The molecule has 2 aromatic carbocycles. The molecule has 3 aromatic rings. The molecule has 0 aliphatic carbocycles. The minimum absolute atomic E-state index is 0.162. The zero-order valence-electron chi connectivity index (χ0n) is 29.5. The van der Waals surface area contributed by atoms with Crippen molar-refractivity contribution in [1.29, 1.82) is 0 Å². The third-order valence-electron chi connectivity index (χ3n) is 10.3. The minimum atomic E-state index is -0.180. The molecule has 2 N–H and O–H groups in total. The summed E-state index contributed by atoms with van der Waals surface area (Å²) in [5.41, 5.74) is 9.09. The van der Waals surface area contributed by atoms with Gasteiger partial charge in [0.15, 0.2) is 0 Å². The number of hydrogen-bond donors (Lipinski definition) is 2. The van der Waals surface area contributed by atoms with Crippen LogP contribution in [0.2, 0.25) is 0 Å². The Labute approximate surface area is 286 Å². The summed E-state index contributed by atoms with van der Waals surface area (Å²) in [5, 5.41) is 3.08. The number of aromatic amines is 1. The van der Waals surface area contributed by atoms with Crippen LogP contribution in [0.3, 0.4) is 0 Å². The van der Waals surface area contributed by atoms with Crippen LogP contribution < -0.4 is 15.8 Å². The van der Waals surface area contributed by atoms with Crippen molar-refractivity contribution in [3.63, 3.8) is 0 Å². The lowest BCUT2D eigenvalue weighted by atomic mass is 9.94. The summed E-state index contributed by atoms with van der Waals surface area (Å²) in [5.74, 6) is -0.180. The number of ether oxygens (including phenoxy) is 1. The second-order valence-corrected chi connectivity index (χ2v) is 13.4. The monoisotopic (exact) mass is 651 g/mol. The van der Waals surface area contributed by atoms with E-state index in [2.05, 4.69) is 82.3 Å². The molecule has 0 unspecified atom stereocenters. The molecule has 8 nitrogen and oxygen atoms in total. The van der Waals surface area contributed by atoms with E-state index in [1.165, 1.54) is 5.56 Å². The van der Waals surface area contributed by atoms with Gasteiger partial charge in [0, 0.05) is 87.2 Å². The predicted octanol–water partition coefficient (Wildman–Crippen LogP) is 6.50. The first-order chi connectivity index (χ1) is 23.1. The van der Waals surface area contributed by atoms with Crippen LogP contribution in [0.25, 0.3) is 11.1 Å². The number of aromatic nitrogens is 1. The van der Waals surface area contributed by atoms with E-state index in [0.29, 0.717) is 23.3 Å². The minimum Gasteiger partial charge on any atom is -0.381 e. The number of likely N-dealkylation sites (tertiary alicyclic amines) is 2. The number of pyridine rings is 1. The lowest BCUT2D eigenvalue weighted by molar-refractivity contribution is 0.0389. The number of anilines is 1. The SMILES string of the molecule is C=CC(=C)N1CCC(N(CC)c2cc(-c3cccc(CN4CCC(OC)CC4)c3)cc(C(=O)NCc3c(C)cc(C)[nH]c3=O)c2C)CC1. The third kappa shape index (κ3) is 8.10. The molecule has 1 aromatic heterocycles. The topological polar surface area (TPSA) is 80.9 Å². The predicted molar refractivity (Wildman–Crippen MR) is 197 cm³/mol. The maximum Gasteiger partial charge on any atom is 0.253 e. The number of rotatable bonds is 12. The van der Waals surface area contributed by atoms with Crippen molar-refractivity contribution in [3.05, 3.63) is 111 Å². The van der Waals surface area contributed by atoms with Gasteiger partial charge in [-0.15, -0.1) is 0 Å². The zero-order valence-corrected chi connectivity index (χ0v) is 29.5. The number of nitrogens with zero attached hydrogens (tertiary/aromatic N) is 3. The molecule has 2 aliphatic heterocycles. The highest BCUT2D eigenvalue weighted by molar-refractivity contribution is 5.99. The molecule has 1 amide bonds. The van der Waals surface area contributed by atoms with Crippen LogP contribution in [0.1, 0.15) is 70.9 Å². The molecule has 3 heterocycles. The maximum atomic E-state index is 14.0. The Balaban J connectivity index is 1.47. The molecule has 0 atom stereocenters. The van der Waals surface area contributed by atoms with Gasteiger partial charge in [0.05, 0.1) is 6.10 Å². The van der Waals surface area contributed by atoms with E-state index in [1.54, 1.807) is 7.11 Å². The van der Waals surface area contributed by atoms with E-state index in [4.69, 9.17) is 4.74 Å². The van der Waals surface area contributed by atoms with Gasteiger partial charge in [-0.25, -0.2) is 0 Å². The van der Waals surface area contributed by atoms with E-state index in [1.807, 2.05) is 32.1 Å². The zero-order chi connectivity index (χ0) is 34.4. The number of H-pyrrole nitrogens is 1. The number of piperidine rings is 2. The summed E-state index contributed by atoms with van der Waals surface area (Å²) >= 11 is 0. The lowest BCUT2D eigenvalue weighted by Crippen LogP contribution is -2.44. The van der Waals surface area contributed by atoms with Crippen molar-refractivity contribution < 1.29 is 9.53 Å². The average molecular weight is 652 g/mol. The summed E-state index contributed by atoms with van der Waals surface area (Å²) < 4.78 is 5.58. The molecule has 0 bridgehead atoms. The number of nitrogens with one attached hydrogen (secondary N) is 2. The highest BCUT2D eigenvalue weighted by Gasteiger charge is 2.27. The van der Waals surface area contributed by atoms with Gasteiger partial charge in [-0.3, -0.25) is 14.5 Å². The second kappa shape index (κ2) is 15.8. The van der Waals surface area contributed by atoms with Crippen LogP contribution >= 0.6 is 0 Å². The first-order valence-corrected chi connectivity index (χ1v) is 17.4. The van der Waals surface area contributed by atoms with Crippen molar-refractivity contribution in [2.75, 3.05) is 44.7 Å². The van der Waals surface area contributed by atoms with Crippen LogP contribution in [0.5, 0.6) is 0 Å². The van der Waals surface area contributed by atoms with Gasteiger partial charge in [0.2, 0.25) is 0 Å². The summed E-state index contributed by atoms with van der Waals surface area (Å²) in [6, 6.07) is 15.3. The van der Waals surface area contributed by atoms with Crippen LogP contribution in [-0.2, 0) is 17.8 Å². The van der Waals surface area contributed by atoms with Gasteiger partial charge in [-0.1, -0.05) is 31.4 Å². The van der Waals surface area contributed by atoms with Gasteiger partial charge in [0.1, 0.15) is 0 Å². The number of aryl methyl sites for hydroxylation is 2. The van der Waals surface area contributed by atoms with E-state index in [-0.39, 0.29) is 18.0 Å². The van der Waals surface area contributed by atoms with E-state index in [9.17, 15) is 9.59 Å². The summed E-state index contributed by atoms with van der Waals surface area (Å²) in [4.78, 5) is 36.9. The first-order valence-electron chi connectivity index (χ1n) is 17.4. The normalized spacial score (nSPS) is 16.1. The molecule has 256 valence electrons. The van der Waals surface area contributed by atoms with Crippen molar-refractivity contribution in [2.24, 2.45) is 0 Å². The Morgan fingerprint density at radius 3 is 2.42 bits per heavy atom. The fourth-order valence-electron chi connectivity index (χ4n) is 7.39. The van der Waals surface area contributed by atoms with Crippen LogP contribution in [0, 0.1) is 20.8 Å². The maximum absolute atomic E-state index is 14.0. The Morgan fingerprint density at radius 2 is 1.77 bits per heavy atom. The number of methoxy groups -OCH3 is 1. The molecule has 0 spiro atoms. The number of amides is 1. The van der Waals surface area contributed by atoms with Crippen molar-refractivity contribution in [2.45, 2.75) is 78.6 Å². The largest absolute Gasteiger partial charge is 0.381 e. The molecular weight excluding hydrogens is 598 g/mol. The molecule has 2 saturated heterocycles. The number of hydrogen-bond acceptors (Lipinski definition) is 6. The molecule has 8 heteroatoms. The molecule has 0 radical (unpaired) electrons. The van der Waals surface area contributed by atoms with Crippen molar-refractivity contribution >= 4 is 11.6 Å². The van der Waals surface area contributed by atoms with E-state index >= 15 is 0 Å². The fraction of sp³-hybridized carbons (Fsp3) is 0.450. The summed E-state index contributed by atoms with van der Waals surface area (Å²) in [6.07, 6.45) is 6.28. The number of carbonyl (C=O) groups is 1. The van der Waals surface area contributed by atoms with Gasteiger partial charge < -0.3 is 24.8 Å². The van der Waals surface area contributed by atoms with Gasteiger partial charge in [-0.05, 0) is 112 Å². The first kappa shape index (κ1) is 35.2. The Bertz CT molecular complexity index is 1680. The van der Waals surface area contributed by atoms with Crippen LogP contribution in [0.15, 0.2) is 72.2 Å². The smallest absolute Gasteiger partial charge is 0.253 e.